The lowest BCUT2D eigenvalue weighted by molar-refractivity contribution is -0.0484. The quantitative estimate of drug-likeness (QED) is 0.625. The van der Waals surface area contributed by atoms with Crippen LogP contribution in [0.2, 0.25) is 0 Å². The third kappa shape index (κ3) is 4.08. The minimum Gasteiger partial charge on any atom is -0.396 e. The molecule has 1 saturated heterocycles. The van der Waals surface area contributed by atoms with Gasteiger partial charge in [0.25, 0.3) is 0 Å². The number of nitrogens with two attached hydrogens (primary N) is 1. The summed E-state index contributed by atoms with van der Waals surface area (Å²) in [4.78, 5) is 30.6. The van der Waals surface area contributed by atoms with Gasteiger partial charge >= 0.3 is 6.03 Å². The third-order valence-electron chi connectivity index (χ3n) is 5.91. The van der Waals surface area contributed by atoms with E-state index in [1.54, 1.807) is 42.6 Å². The molecule has 1 aromatic heterocycles. The first-order chi connectivity index (χ1) is 14.7. The molecule has 2 amide bonds. The second kappa shape index (κ2) is 7.64. The second-order valence-electron chi connectivity index (χ2n) is 7.97. The lowest BCUT2D eigenvalue weighted by Crippen LogP contribution is -2.47. The summed E-state index contributed by atoms with van der Waals surface area (Å²) >= 11 is 0. The van der Waals surface area contributed by atoms with Gasteiger partial charge in [-0.05, 0) is 49.2 Å². The van der Waals surface area contributed by atoms with E-state index in [1.165, 1.54) is 4.90 Å². The number of nitrogens with one attached hydrogen (secondary N) is 2. The van der Waals surface area contributed by atoms with Crippen molar-refractivity contribution in [1.82, 2.24) is 15.2 Å². The van der Waals surface area contributed by atoms with E-state index in [0.717, 1.165) is 0 Å². The highest BCUT2D eigenvalue weighted by Gasteiger charge is 2.52. The first-order valence-electron chi connectivity index (χ1n) is 9.97. The molecule has 0 atom stereocenters. The highest BCUT2D eigenvalue weighted by atomic mass is 19.3. The van der Waals surface area contributed by atoms with Gasteiger partial charge in [-0.3, -0.25) is 9.69 Å². The van der Waals surface area contributed by atoms with Crippen LogP contribution in [-0.4, -0.2) is 39.7 Å². The van der Waals surface area contributed by atoms with Crippen LogP contribution in [0.5, 0.6) is 0 Å². The summed E-state index contributed by atoms with van der Waals surface area (Å²) in [5, 5.41) is 5.85. The average Bonchev–Trinajstić information content (AvgIpc) is 2.97. The molecular weight excluding hydrogens is 404 g/mol. The zero-order valence-corrected chi connectivity index (χ0v) is 16.8. The van der Waals surface area contributed by atoms with Crippen molar-refractivity contribution < 1.29 is 18.4 Å². The van der Waals surface area contributed by atoms with E-state index in [2.05, 4.69) is 22.2 Å². The smallest absolute Gasteiger partial charge is 0.322 e. The molecular formula is C22H23F2N5O2. The lowest BCUT2D eigenvalue weighted by Gasteiger charge is -2.37. The monoisotopic (exact) mass is 427 g/mol. The van der Waals surface area contributed by atoms with Crippen molar-refractivity contribution in [3.63, 3.8) is 0 Å². The Morgan fingerprint density at radius 1 is 1.19 bits per heavy atom. The molecule has 2 heterocycles. The van der Waals surface area contributed by atoms with Crippen molar-refractivity contribution >= 4 is 29.0 Å². The Balaban J connectivity index is 1.42. The number of carbonyl (C=O) groups excluding carboxylic acids is 2. The third-order valence-corrected chi connectivity index (χ3v) is 5.91. The van der Waals surface area contributed by atoms with Gasteiger partial charge in [0.15, 0.2) is 11.6 Å². The number of benzene rings is 1. The van der Waals surface area contributed by atoms with Crippen LogP contribution >= 0.6 is 0 Å². The molecule has 4 rings (SSSR count). The van der Waals surface area contributed by atoms with Crippen molar-refractivity contribution in [3.8, 4) is 0 Å². The maximum Gasteiger partial charge on any atom is 0.322 e. The largest absolute Gasteiger partial charge is 0.396 e. The minimum atomic E-state index is -2.73. The van der Waals surface area contributed by atoms with Gasteiger partial charge in [-0.1, -0.05) is 6.58 Å². The highest BCUT2D eigenvalue weighted by molar-refractivity contribution is 6.00. The molecule has 0 bridgehead atoms. The molecule has 2 aliphatic rings. The van der Waals surface area contributed by atoms with E-state index >= 15 is 0 Å². The molecule has 1 aliphatic heterocycles. The molecule has 1 aromatic carbocycles. The number of pyridine rings is 1. The number of amides is 2. The Kier molecular flexibility index (Phi) is 5.12. The van der Waals surface area contributed by atoms with Gasteiger partial charge in [0.1, 0.15) is 0 Å². The van der Waals surface area contributed by atoms with Gasteiger partial charge in [-0.25, -0.2) is 18.6 Å². The maximum atomic E-state index is 13.6. The molecule has 0 radical (unpaired) electrons. The number of hydrogen-bond acceptors (Lipinski definition) is 5. The van der Waals surface area contributed by atoms with Gasteiger partial charge < -0.3 is 16.4 Å². The van der Waals surface area contributed by atoms with Crippen LogP contribution < -0.4 is 16.4 Å². The fourth-order valence-corrected chi connectivity index (χ4v) is 3.98. The van der Waals surface area contributed by atoms with Crippen LogP contribution in [0.15, 0.2) is 54.9 Å². The molecule has 4 N–H and O–H groups in total. The van der Waals surface area contributed by atoms with Gasteiger partial charge in [-0.2, -0.15) is 0 Å². The summed E-state index contributed by atoms with van der Waals surface area (Å²) in [6.45, 7) is 3.74. The number of carbonyl (C=O) groups is 2. The molecule has 7 nitrogen and oxygen atoms in total. The zero-order valence-electron chi connectivity index (χ0n) is 16.8. The number of anilines is 3. The van der Waals surface area contributed by atoms with Crippen molar-refractivity contribution in [2.45, 2.75) is 37.1 Å². The van der Waals surface area contributed by atoms with Crippen LogP contribution in [-0.2, 0) is 0 Å². The standard InChI is InChI=1S/C22H23F2N5O2/c1-14-21(8-10-22(23,24)11-9-21)28-20(31)29(14)13-18(30)15-4-6-16(7-5-15)27-19-17(25)3-2-12-26-19/h2-7,12H,1,8-11,13,25H2,(H,26,27)(H,28,31). The Labute approximate surface area is 178 Å². The Morgan fingerprint density at radius 2 is 1.87 bits per heavy atom. The normalized spacial score (nSPS) is 19.4. The van der Waals surface area contributed by atoms with Crippen LogP contribution in [0.1, 0.15) is 36.0 Å². The number of rotatable bonds is 5. The summed E-state index contributed by atoms with van der Waals surface area (Å²) in [7, 11) is 0. The van der Waals surface area contributed by atoms with Crippen LogP contribution in [0.25, 0.3) is 0 Å². The van der Waals surface area contributed by atoms with Crippen molar-refractivity contribution in [1.29, 1.82) is 0 Å². The highest BCUT2D eigenvalue weighted by Crippen LogP contribution is 2.44. The summed E-state index contributed by atoms with van der Waals surface area (Å²) in [5.41, 5.74) is 6.96. The lowest BCUT2D eigenvalue weighted by atomic mass is 9.78. The number of alkyl halides is 2. The average molecular weight is 427 g/mol. The van der Waals surface area contributed by atoms with Gasteiger partial charge in [-0.15, -0.1) is 0 Å². The van der Waals surface area contributed by atoms with E-state index < -0.39 is 17.5 Å². The first-order valence-corrected chi connectivity index (χ1v) is 9.97. The van der Waals surface area contributed by atoms with Crippen LogP contribution in [0.3, 0.4) is 0 Å². The van der Waals surface area contributed by atoms with Gasteiger partial charge in [0, 0.05) is 36.0 Å². The molecule has 9 heteroatoms. The summed E-state index contributed by atoms with van der Waals surface area (Å²) in [6, 6.07) is 9.67. The topological polar surface area (TPSA) is 100 Å². The summed E-state index contributed by atoms with van der Waals surface area (Å²) in [5.74, 6) is -2.50. The summed E-state index contributed by atoms with van der Waals surface area (Å²) in [6.07, 6.45) is 1.19. The maximum absolute atomic E-state index is 13.6. The molecule has 31 heavy (non-hydrogen) atoms. The van der Waals surface area contributed by atoms with Gasteiger partial charge in [0.05, 0.1) is 17.8 Å². The predicted octanol–water partition coefficient (Wildman–Crippen LogP) is 4.08. The van der Waals surface area contributed by atoms with Gasteiger partial charge in [0.2, 0.25) is 5.92 Å². The molecule has 1 spiro atoms. The molecule has 0 unspecified atom stereocenters. The molecule has 2 aromatic rings. The van der Waals surface area contributed by atoms with E-state index in [0.29, 0.717) is 28.5 Å². The number of ketones is 1. The van der Waals surface area contributed by atoms with E-state index in [1.807, 2.05) is 0 Å². The number of nitrogen functional groups attached to an aromatic ring is 1. The fraction of sp³-hybridized carbons (Fsp3) is 0.318. The number of halogens is 2. The van der Waals surface area contributed by atoms with Crippen molar-refractivity contribution in [2.24, 2.45) is 0 Å². The number of nitrogens with zero attached hydrogens (tertiary/aromatic N) is 2. The Hall–Kier alpha value is -3.49. The van der Waals surface area contributed by atoms with Crippen molar-refractivity contribution in [3.05, 3.63) is 60.4 Å². The van der Waals surface area contributed by atoms with E-state index in [4.69, 9.17) is 5.73 Å². The van der Waals surface area contributed by atoms with Crippen LogP contribution in [0, 0.1) is 0 Å². The SMILES string of the molecule is C=C1N(CC(=O)c2ccc(Nc3ncccc3N)cc2)C(=O)NC12CCC(F)(F)CC2. The molecule has 1 saturated carbocycles. The molecule has 1 aliphatic carbocycles. The number of urea groups is 1. The number of hydrogen-bond donors (Lipinski definition) is 3. The van der Waals surface area contributed by atoms with E-state index in [-0.39, 0.29) is 38.0 Å². The molecule has 162 valence electrons. The Morgan fingerprint density at radius 3 is 2.52 bits per heavy atom. The summed E-state index contributed by atoms with van der Waals surface area (Å²) < 4.78 is 27.1. The number of aromatic nitrogens is 1. The predicted molar refractivity (Wildman–Crippen MR) is 113 cm³/mol. The van der Waals surface area contributed by atoms with E-state index in [9.17, 15) is 18.4 Å². The minimum absolute atomic E-state index is 0.103. The fourth-order valence-electron chi connectivity index (χ4n) is 3.98. The molecule has 2 fully saturated rings. The van der Waals surface area contributed by atoms with Crippen molar-refractivity contribution in [2.75, 3.05) is 17.6 Å². The zero-order chi connectivity index (χ0) is 22.2. The number of Topliss-reactive ketones (excluding diaryl/α,β-unsaturated/α-hetero) is 1. The van der Waals surface area contributed by atoms with Crippen LogP contribution in [0.4, 0.5) is 30.8 Å². The first kappa shape index (κ1) is 20.8. The second-order valence-corrected chi connectivity index (χ2v) is 7.97. The Bertz CT molecular complexity index is 1030.